The van der Waals surface area contributed by atoms with Gasteiger partial charge in [-0.2, -0.15) is 0 Å². The Morgan fingerprint density at radius 3 is 2.19 bits per heavy atom. The highest BCUT2D eigenvalue weighted by atomic mass is 32.3. The van der Waals surface area contributed by atoms with Crippen LogP contribution in [0.1, 0.15) is 0 Å². The van der Waals surface area contributed by atoms with Crippen LogP contribution in [0.5, 0.6) is 0 Å². The largest absolute Gasteiger partial charge is 0.383 e. The van der Waals surface area contributed by atoms with Crippen LogP contribution in [0.3, 0.4) is 0 Å². The third-order valence-electron chi connectivity index (χ3n) is 1.71. The summed E-state index contributed by atoms with van der Waals surface area (Å²) < 4.78 is 50.6. The summed E-state index contributed by atoms with van der Waals surface area (Å²) >= 11 is 0. The molecule has 0 aromatic carbocycles. The lowest BCUT2D eigenvalue weighted by Crippen LogP contribution is -2.42. The average molecular weight is 274 g/mol. The molecule has 0 bridgehead atoms. The maximum atomic E-state index is 11.5. The van der Waals surface area contributed by atoms with E-state index in [9.17, 15) is 16.8 Å². The molecule has 0 amide bonds. The fourth-order valence-electron chi connectivity index (χ4n) is 1.07. The van der Waals surface area contributed by atoms with Crippen molar-refractivity contribution in [3.05, 3.63) is 0 Å². The van der Waals surface area contributed by atoms with Crippen molar-refractivity contribution < 1.29 is 21.6 Å². The molecule has 0 saturated heterocycles. The number of methoxy groups -OCH3 is 1. The van der Waals surface area contributed by atoms with E-state index in [-0.39, 0.29) is 13.2 Å². The Morgan fingerprint density at radius 1 is 1.31 bits per heavy atom. The van der Waals surface area contributed by atoms with Crippen LogP contribution in [0.4, 0.5) is 0 Å². The molecule has 0 radical (unpaired) electrons. The van der Waals surface area contributed by atoms with Crippen LogP contribution >= 0.6 is 0 Å². The van der Waals surface area contributed by atoms with Gasteiger partial charge in [0.2, 0.25) is 10.0 Å². The molecular formula is C7H18N2O5S2. The molecule has 0 saturated carbocycles. The number of nitrogens with zero attached hydrogens (tertiary/aromatic N) is 1. The monoisotopic (exact) mass is 274 g/mol. The zero-order valence-electron chi connectivity index (χ0n) is 9.58. The number of sulfone groups is 1. The van der Waals surface area contributed by atoms with Crippen LogP contribution in [-0.2, 0) is 24.6 Å². The molecule has 0 spiro atoms. The van der Waals surface area contributed by atoms with Gasteiger partial charge in [-0.05, 0) is 0 Å². The molecule has 9 heteroatoms. The van der Waals surface area contributed by atoms with Crippen molar-refractivity contribution in [1.82, 2.24) is 4.31 Å². The second-order valence-corrected chi connectivity index (χ2v) is 8.23. The fraction of sp³-hybridized carbons (Fsp3) is 1.00. The summed E-state index contributed by atoms with van der Waals surface area (Å²) in [5.74, 6) is 0. The first-order valence-electron chi connectivity index (χ1n) is 4.45. The first kappa shape index (κ1) is 15.8. The van der Waals surface area contributed by atoms with Gasteiger partial charge in [0, 0.05) is 33.0 Å². The second kappa shape index (κ2) is 5.92. The fourth-order valence-corrected chi connectivity index (χ4v) is 4.37. The predicted octanol–water partition coefficient (Wildman–Crippen LogP) is -1.78. The minimum Gasteiger partial charge on any atom is -0.383 e. The predicted molar refractivity (Wildman–Crippen MR) is 61.1 cm³/mol. The quantitative estimate of drug-likeness (QED) is 0.588. The Morgan fingerprint density at radius 2 is 1.81 bits per heavy atom. The Kier molecular flexibility index (Phi) is 5.84. The number of hydrogen-bond acceptors (Lipinski definition) is 6. The molecular weight excluding hydrogens is 256 g/mol. The van der Waals surface area contributed by atoms with Crippen LogP contribution in [0.15, 0.2) is 0 Å². The van der Waals surface area contributed by atoms with E-state index in [1.807, 2.05) is 0 Å². The van der Waals surface area contributed by atoms with Crippen molar-refractivity contribution in [2.45, 2.75) is 6.04 Å². The Balaban J connectivity index is 4.54. The number of rotatable bonds is 7. The van der Waals surface area contributed by atoms with E-state index in [1.54, 1.807) is 0 Å². The van der Waals surface area contributed by atoms with Gasteiger partial charge >= 0.3 is 0 Å². The molecule has 7 nitrogen and oxygen atoms in total. The topological polar surface area (TPSA) is 107 Å². The Labute approximate surface area is 96.5 Å². The lowest BCUT2D eigenvalue weighted by molar-refractivity contribution is 0.173. The van der Waals surface area contributed by atoms with E-state index in [1.165, 1.54) is 14.2 Å². The van der Waals surface area contributed by atoms with Gasteiger partial charge in [0.1, 0.15) is 0 Å². The zero-order valence-corrected chi connectivity index (χ0v) is 11.2. The molecule has 0 aromatic rings. The molecule has 1 atom stereocenters. The lowest BCUT2D eigenvalue weighted by atomic mass is 10.3. The maximum absolute atomic E-state index is 11.5. The van der Waals surface area contributed by atoms with E-state index in [2.05, 4.69) is 0 Å². The van der Waals surface area contributed by atoms with Crippen LogP contribution in [-0.4, -0.2) is 65.8 Å². The molecule has 98 valence electrons. The number of sulfonamides is 1. The Bertz CT molecular complexity index is 402. The van der Waals surface area contributed by atoms with Gasteiger partial charge in [0.25, 0.3) is 0 Å². The normalized spacial score (nSPS) is 15.3. The smallest absolute Gasteiger partial charge is 0.228 e. The van der Waals surface area contributed by atoms with Crippen molar-refractivity contribution in [3.63, 3.8) is 0 Å². The van der Waals surface area contributed by atoms with Gasteiger partial charge in [0.05, 0.1) is 6.61 Å². The molecule has 0 heterocycles. The van der Waals surface area contributed by atoms with Crippen LogP contribution in [0.25, 0.3) is 0 Å². The first-order chi connectivity index (χ1) is 7.08. The van der Waals surface area contributed by atoms with Gasteiger partial charge in [-0.3, -0.25) is 0 Å². The minimum absolute atomic E-state index is 0.0195. The van der Waals surface area contributed by atoms with Gasteiger partial charge in [-0.25, -0.2) is 21.1 Å². The molecule has 0 aliphatic carbocycles. The van der Waals surface area contributed by atoms with Gasteiger partial charge in [-0.1, -0.05) is 0 Å². The first-order valence-corrected chi connectivity index (χ1v) is 8.11. The zero-order chi connectivity index (χ0) is 13.0. The number of likely N-dealkylation sites (N-methyl/N-ethyl adjacent to an activating group) is 1. The highest BCUT2D eigenvalue weighted by Gasteiger charge is 2.24. The average Bonchev–Trinajstić information content (AvgIpc) is 1.99. The third kappa shape index (κ3) is 6.38. The summed E-state index contributed by atoms with van der Waals surface area (Å²) in [6.45, 7) is 0.227. The molecule has 2 N–H and O–H groups in total. The van der Waals surface area contributed by atoms with Crippen molar-refractivity contribution in [1.29, 1.82) is 0 Å². The lowest BCUT2D eigenvalue weighted by Gasteiger charge is -2.20. The van der Waals surface area contributed by atoms with E-state index in [0.717, 1.165) is 10.6 Å². The summed E-state index contributed by atoms with van der Waals surface area (Å²) in [4.78, 5) is 0. The van der Waals surface area contributed by atoms with E-state index < -0.39 is 31.0 Å². The maximum Gasteiger partial charge on any atom is 0.228 e. The van der Waals surface area contributed by atoms with E-state index >= 15 is 0 Å². The molecule has 0 rings (SSSR count). The Hall–Kier alpha value is -0.220. The van der Waals surface area contributed by atoms with E-state index in [4.69, 9.17) is 10.5 Å². The van der Waals surface area contributed by atoms with E-state index in [0.29, 0.717) is 0 Å². The van der Waals surface area contributed by atoms with Crippen molar-refractivity contribution in [2.75, 3.05) is 38.6 Å². The molecule has 0 fully saturated rings. The molecule has 16 heavy (non-hydrogen) atoms. The number of ether oxygens (including phenoxy) is 1. The van der Waals surface area contributed by atoms with Crippen molar-refractivity contribution >= 4 is 19.9 Å². The van der Waals surface area contributed by atoms with Crippen LogP contribution in [0.2, 0.25) is 0 Å². The summed E-state index contributed by atoms with van der Waals surface area (Å²) in [5.41, 5.74) is 5.57. The second-order valence-electron chi connectivity index (χ2n) is 3.65. The molecule has 0 aliphatic heterocycles. The SMILES string of the molecule is COCC(N)CN(C)S(=O)(=O)CS(C)(=O)=O. The van der Waals surface area contributed by atoms with Crippen LogP contribution < -0.4 is 5.73 Å². The summed E-state index contributed by atoms with van der Waals surface area (Å²) in [7, 11) is -4.66. The van der Waals surface area contributed by atoms with Crippen LogP contribution in [0, 0.1) is 0 Å². The third-order valence-corrected chi connectivity index (χ3v) is 5.71. The number of hydrogen-bond donors (Lipinski definition) is 1. The standard InChI is InChI=1S/C7H18N2O5S2/c1-9(4-7(8)5-14-2)16(12,13)6-15(3,10)11/h7H,4-6,8H2,1-3H3. The minimum atomic E-state index is -3.82. The highest BCUT2D eigenvalue weighted by Crippen LogP contribution is 2.02. The molecule has 1 unspecified atom stereocenters. The van der Waals surface area contributed by atoms with Crippen molar-refractivity contribution in [3.8, 4) is 0 Å². The molecule has 0 aromatic heterocycles. The number of nitrogens with two attached hydrogens (primary N) is 1. The summed E-state index contributed by atoms with van der Waals surface area (Å²) in [5, 5.41) is -0.907. The van der Waals surface area contributed by atoms with Gasteiger partial charge in [0.15, 0.2) is 14.9 Å². The summed E-state index contributed by atoms with van der Waals surface area (Å²) in [6, 6.07) is -0.482. The summed E-state index contributed by atoms with van der Waals surface area (Å²) in [6.07, 6.45) is 0.869. The molecule has 0 aliphatic rings. The van der Waals surface area contributed by atoms with Crippen molar-refractivity contribution in [2.24, 2.45) is 5.73 Å². The van der Waals surface area contributed by atoms with Gasteiger partial charge in [-0.15, -0.1) is 0 Å². The van der Waals surface area contributed by atoms with Gasteiger partial charge < -0.3 is 10.5 Å². The highest BCUT2D eigenvalue weighted by molar-refractivity contribution is 8.06.